The minimum atomic E-state index is -4.41. The van der Waals surface area contributed by atoms with E-state index in [0.717, 1.165) is 17.8 Å². The number of rotatable bonds is 5. The number of carbonyl (C=O) groups is 1. The Hall–Kier alpha value is -2.81. The van der Waals surface area contributed by atoms with E-state index in [1.165, 1.54) is 23.9 Å². The molecule has 0 aliphatic heterocycles. The topological polar surface area (TPSA) is 59.8 Å². The molecule has 1 N–H and O–H groups in total. The molecule has 0 aliphatic rings. The van der Waals surface area contributed by atoms with E-state index < -0.39 is 17.0 Å². The van der Waals surface area contributed by atoms with Gasteiger partial charge in [0, 0.05) is 11.4 Å². The van der Waals surface area contributed by atoms with Gasteiger partial charge in [0.1, 0.15) is 6.33 Å². The Morgan fingerprint density at radius 2 is 1.78 bits per heavy atom. The van der Waals surface area contributed by atoms with Gasteiger partial charge in [-0.3, -0.25) is 9.36 Å². The van der Waals surface area contributed by atoms with Gasteiger partial charge in [-0.1, -0.05) is 30.0 Å². The highest BCUT2D eigenvalue weighted by Crippen LogP contribution is 2.30. The lowest BCUT2D eigenvalue weighted by Crippen LogP contribution is -2.23. The van der Waals surface area contributed by atoms with Crippen molar-refractivity contribution in [2.45, 2.75) is 23.5 Å². The molecule has 3 rings (SSSR count). The zero-order chi connectivity index (χ0) is 19.4. The Balaban J connectivity index is 1.66. The molecule has 9 heteroatoms. The maximum atomic E-state index is 12.6. The molecule has 0 fully saturated rings. The molecular formula is C18H15F3N4OS. The summed E-state index contributed by atoms with van der Waals surface area (Å²) in [5.41, 5.74) is 0.393. The summed E-state index contributed by atoms with van der Waals surface area (Å²) in [7, 11) is 0. The molecule has 1 unspecified atom stereocenters. The van der Waals surface area contributed by atoms with Crippen LogP contribution in [0.1, 0.15) is 12.5 Å². The first-order valence-electron chi connectivity index (χ1n) is 7.95. The second-order valence-corrected chi connectivity index (χ2v) is 6.95. The van der Waals surface area contributed by atoms with E-state index in [1.807, 2.05) is 30.3 Å². The number of hydrogen-bond donors (Lipinski definition) is 1. The lowest BCUT2D eigenvalue weighted by atomic mass is 10.2. The van der Waals surface area contributed by atoms with Crippen LogP contribution >= 0.6 is 11.8 Å². The van der Waals surface area contributed by atoms with Crippen LogP contribution in [0.15, 0.2) is 66.1 Å². The fraction of sp³-hybridized carbons (Fsp3) is 0.167. The normalized spacial score (nSPS) is 12.6. The van der Waals surface area contributed by atoms with Crippen LogP contribution in [0.25, 0.3) is 5.69 Å². The van der Waals surface area contributed by atoms with Crippen molar-refractivity contribution in [1.29, 1.82) is 0 Å². The summed E-state index contributed by atoms with van der Waals surface area (Å²) in [6, 6.07) is 13.7. The van der Waals surface area contributed by atoms with Crippen molar-refractivity contribution in [3.8, 4) is 5.69 Å². The Bertz CT molecular complexity index is 910. The van der Waals surface area contributed by atoms with Crippen molar-refractivity contribution in [3.63, 3.8) is 0 Å². The van der Waals surface area contributed by atoms with E-state index in [4.69, 9.17) is 0 Å². The highest BCUT2D eigenvalue weighted by atomic mass is 32.2. The van der Waals surface area contributed by atoms with Crippen molar-refractivity contribution in [2.24, 2.45) is 0 Å². The molecule has 3 aromatic rings. The number of thioether (sulfide) groups is 1. The van der Waals surface area contributed by atoms with E-state index in [9.17, 15) is 18.0 Å². The van der Waals surface area contributed by atoms with E-state index in [2.05, 4.69) is 15.5 Å². The molecule has 140 valence electrons. The first-order valence-corrected chi connectivity index (χ1v) is 8.83. The van der Waals surface area contributed by atoms with E-state index in [-0.39, 0.29) is 5.91 Å². The lowest BCUT2D eigenvalue weighted by molar-refractivity contribution is -0.137. The molecule has 0 saturated heterocycles. The predicted octanol–water partition coefficient (Wildman–Crippen LogP) is 4.41. The van der Waals surface area contributed by atoms with Crippen LogP contribution in [0.5, 0.6) is 0 Å². The van der Waals surface area contributed by atoms with Gasteiger partial charge in [0.05, 0.1) is 10.8 Å². The second kappa shape index (κ2) is 7.83. The number of carbonyl (C=O) groups excluding carboxylic acids is 1. The average Bonchev–Trinajstić information content (AvgIpc) is 3.10. The molecule has 0 spiro atoms. The lowest BCUT2D eigenvalue weighted by Gasteiger charge is -2.13. The summed E-state index contributed by atoms with van der Waals surface area (Å²) in [5, 5.41) is 10.5. The monoisotopic (exact) mass is 392 g/mol. The van der Waals surface area contributed by atoms with Crippen LogP contribution in [0.4, 0.5) is 18.9 Å². The first kappa shape index (κ1) is 19.0. The fourth-order valence-electron chi connectivity index (χ4n) is 2.27. The van der Waals surface area contributed by atoms with Gasteiger partial charge in [0.2, 0.25) is 5.91 Å². The van der Waals surface area contributed by atoms with Gasteiger partial charge in [0.25, 0.3) is 0 Å². The van der Waals surface area contributed by atoms with Crippen molar-refractivity contribution in [1.82, 2.24) is 14.8 Å². The number of hydrogen-bond acceptors (Lipinski definition) is 4. The van der Waals surface area contributed by atoms with Gasteiger partial charge < -0.3 is 5.32 Å². The Morgan fingerprint density at radius 3 is 2.41 bits per heavy atom. The Labute approximate surface area is 157 Å². The third-order valence-corrected chi connectivity index (χ3v) is 4.74. The molecule has 2 aromatic carbocycles. The number of anilines is 1. The zero-order valence-electron chi connectivity index (χ0n) is 14.1. The van der Waals surface area contributed by atoms with E-state index in [1.54, 1.807) is 17.8 Å². The van der Waals surface area contributed by atoms with Gasteiger partial charge in [0.15, 0.2) is 5.16 Å². The Kier molecular flexibility index (Phi) is 5.50. The third kappa shape index (κ3) is 4.68. The second-order valence-electron chi connectivity index (χ2n) is 5.64. The summed E-state index contributed by atoms with van der Waals surface area (Å²) in [6.45, 7) is 1.69. The van der Waals surface area contributed by atoms with Crippen LogP contribution in [-0.4, -0.2) is 25.9 Å². The fourth-order valence-corrected chi connectivity index (χ4v) is 3.11. The van der Waals surface area contributed by atoms with Gasteiger partial charge in [-0.2, -0.15) is 13.2 Å². The van der Waals surface area contributed by atoms with Crippen molar-refractivity contribution in [3.05, 3.63) is 66.5 Å². The highest BCUT2D eigenvalue weighted by Gasteiger charge is 2.30. The van der Waals surface area contributed by atoms with Gasteiger partial charge >= 0.3 is 6.18 Å². The number of nitrogens with one attached hydrogen (secondary N) is 1. The van der Waals surface area contributed by atoms with Gasteiger partial charge in [-0.15, -0.1) is 10.2 Å². The van der Waals surface area contributed by atoms with Crippen LogP contribution in [-0.2, 0) is 11.0 Å². The van der Waals surface area contributed by atoms with Crippen LogP contribution in [0.3, 0.4) is 0 Å². The smallest absolute Gasteiger partial charge is 0.325 e. The number of alkyl halides is 3. The molecule has 0 radical (unpaired) electrons. The summed E-state index contributed by atoms with van der Waals surface area (Å²) < 4.78 is 39.5. The first-order chi connectivity index (χ1) is 12.8. The molecular weight excluding hydrogens is 377 g/mol. The summed E-state index contributed by atoms with van der Waals surface area (Å²) >= 11 is 1.20. The molecule has 0 aliphatic carbocycles. The minimum Gasteiger partial charge on any atom is -0.325 e. The Morgan fingerprint density at radius 1 is 1.11 bits per heavy atom. The van der Waals surface area contributed by atoms with E-state index >= 15 is 0 Å². The standard InChI is InChI=1S/C18H15F3N4OS/c1-12(16(26)23-14-9-7-13(8-10-14)18(19,20)21)27-17-24-22-11-25(17)15-5-3-2-4-6-15/h2-12H,1H3,(H,23,26). The maximum Gasteiger partial charge on any atom is 0.416 e. The van der Waals surface area contributed by atoms with Crippen molar-refractivity contribution < 1.29 is 18.0 Å². The molecule has 1 amide bonds. The molecule has 1 heterocycles. The van der Waals surface area contributed by atoms with Gasteiger partial charge in [-0.05, 0) is 43.3 Å². The van der Waals surface area contributed by atoms with Crippen LogP contribution < -0.4 is 5.32 Å². The average molecular weight is 392 g/mol. The number of para-hydroxylation sites is 1. The number of aromatic nitrogens is 3. The SMILES string of the molecule is CC(Sc1nncn1-c1ccccc1)C(=O)Nc1ccc(C(F)(F)F)cc1. The maximum absolute atomic E-state index is 12.6. The zero-order valence-corrected chi connectivity index (χ0v) is 15.0. The van der Waals surface area contributed by atoms with Crippen molar-refractivity contribution in [2.75, 3.05) is 5.32 Å². The number of nitrogens with zero attached hydrogens (tertiary/aromatic N) is 3. The number of benzene rings is 2. The predicted molar refractivity (Wildman–Crippen MR) is 96.8 cm³/mol. The molecule has 27 heavy (non-hydrogen) atoms. The molecule has 1 aromatic heterocycles. The largest absolute Gasteiger partial charge is 0.416 e. The summed E-state index contributed by atoms with van der Waals surface area (Å²) in [5.74, 6) is -0.345. The van der Waals surface area contributed by atoms with Crippen molar-refractivity contribution >= 4 is 23.4 Å². The molecule has 0 bridgehead atoms. The minimum absolute atomic E-state index is 0.296. The molecule has 5 nitrogen and oxygen atoms in total. The summed E-state index contributed by atoms with van der Waals surface area (Å²) in [6.07, 6.45) is -2.86. The molecule has 0 saturated carbocycles. The third-order valence-electron chi connectivity index (χ3n) is 3.68. The number of halogens is 3. The number of amides is 1. The summed E-state index contributed by atoms with van der Waals surface area (Å²) in [4.78, 5) is 12.4. The van der Waals surface area contributed by atoms with Gasteiger partial charge in [-0.25, -0.2) is 0 Å². The van der Waals surface area contributed by atoms with Crippen LogP contribution in [0.2, 0.25) is 0 Å². The van der Waals surface area contributed by atoms with E-state index in [0.29, 0.717) is 10.8 Å². The quantitative estimate of drug-likeness (QED) is 0.654. The van der Waals surface area contributed by atoms with Crippen LogP contribution in [0, 0.1) is 0 Å². The highest BCUT2D eigenvalue weighted by molar-refractivity contribution is 8.00. The molecule has 1 atom stereocenters.